The molecule has 0 aromatic heterocycles. The van der Waals surface area contributed by atoms with Crippen molar-refractivity contribution in [3.8, 4) is 0 Å². The Morgan fingerprint density at radius 3 is 2.81 bits per heavy atom. The van der Waals surface area contributed by atoms with Crippen LogP contribution < -0.4 is 16.0 Å². The number of carbonyl (C=O) groups is 2. The maximum atomic E-state index is 12.0. The second-order valence-corrected chi connectivity index (χ2v) is 5.87. The molecule has 1 aliphatic heterocycles. The average Bonchev–Trinajstić information content (AvgIpc) is 3.13. The highest BCUT2D eigenvalue weighted by atomic mass is 16.2. The van der Waals surface area contributed by atoms with Gasteiger partial charge in [0.1, 0.15) is 0 Å². The molecule has 21 heavy (non-hydrogen) atoms. The van der Waals surface area contributed by atoms with Crippen LogP contribution in [0.1, 0.15) is 42.5 Å². The molecule has 5 heteroatoms. The van der Waals surface area contributed by atoms with Gasteiger partial charge in [0.2, 0.25) is 5.91 Å². The number of rotatable bonds is 5. The second kappa shape index (κ2) is 6.26. The number of hydrogen-bond donors (Lipinski definition) is 3. The van der Waals surface area contributed by atoms with Gasteiger partial charge in [0.05, 0.1) is 0 Å². The zero-order chi connectivity index (χ0) is 14.7. The Kier molecular flexibility index (Phi) is 4.20. The van der Waals surface area contributed by atoms with Crippen LogP contribution in [0.2, 0.25) is 0 Å². The molecule has 3 N–H and O–H groups in total. The summed E-state index contributed by atoms with van der Waals surface area (Å²) in [6, 6.07) is 7.73. The van der Waals surface area contributed by atoms with Crippen molar-refractivity contribution in [1.29, 1.82) is 0 Å². The van der Waals surface area contributed by atoms with E-state index in [0.717, 1.165) is 32.2 Å². The minimum absolute atomic E-state index is 0.00542. The summed E-state index contributed by atoms with van der Waals surface area (Å²) in [6.07, 6.45) is 4.80. The largest absolute Gasteiger partial charge is 0.349 e. The highest BCUT2D eigenvalue weighted by Crippen LogP contribution is 2.20. The first-order valence-electron chi connectivity index (χ1n) is 7.65. The molecule has 2 aliphatic rings. The molecular formula is C16H21N3O2. The van der Waals surface area contributed by atoms with Crippen LogP contribution in [0, 0.1) is 0 Å². The van der Waals surface area contributed by atoms with E-state index in [-0.39, 0.29) is 17.9 Å². The first-order chi connectivity index (χ1) is 10.2. The van der Waals surface area contributed by atoms with Crippen molar-refractivity contribution in [2.75, 3.05) is 11.9 Å². The molecule has 1 aliphatic carbocycles. The van der Waals surface area contributed by atoms with Crippen molar-refractivity contribution in [2.45, 2.75) is 44.2 Å². The van der Waals surface area contributed by atoms with Gasteiger partial charge in [-0.05, 0) is 50.4 Å². The Hall–Kier alpha value is -1.88. The number of hydrogen-bond acceptors (Lipinski definition) is 3. The van der Waals surface area contributed by atoms with E-state index in [1.807, 2.05) is 6.07 Å². The highest BCUT2D eigenvalue weighted by Gasteiger charge is 2.24. The first kappa shape index (κ1) is 14.1. The lowest BCUT2D eigenvalue weighted by Crippen LogP contribution is -2.28. The van der Waals surface area contributed by atoms with Crippen molar-refractivity contribution < 1.29 is 9.59 Å². The van der Waals surface area contributed by atoms with E-state index < -0.39 is 0 Å². The van der Waals surface area contributed by atoms with Crippen LogP contribution >= 0.6 is 0 Å². The van der Waals surface area contributed by atoms with Gasteiger partial charge in [-0.1, -0.05) is 6.07 Å². The van der Waals surface area contributed by atoms with Gasteiger partial charge >= 0.3 is 0 Å². The average molecular weight is 287 g/mol. The number of benzene rings is 1. The molecule has 2 amide bonds. The molecule has 1 heterocycles. The topological polar surface area (TPSA) is 70.2 Å². The molecule has 5 nitrogen and oxygen atoms in total. The SMILES string of the molecule is O=C(CC1CCCN1)Nc1cccc(C(=O)NC2CC2)c1. The van der Waals surface area contributed by atoms with Crippen LogP contribution in [-0.4, -0.2) is 30.4 Å². The molecule has 2 fully saturated rings. The van der Waals surface area contributed by atoms with Crippen molar-refractivity contribution in [3.05, 3.63) is 29.8 Å². The molecule has 0 radical (unpaired) electrons. The van der Waals surface area contributed by atoms with E-state index in [2.05, 4.69) is 16.0 Å². The first-order valence-corrected chi connectivity index (χ1v) is 7.65. The fourth-order valence-corrected chi connectivity index (χ4v) is 2.60. The van der Waals surface area contributed by atoms with Gasteiger partial charge in [0.25, 0.3) is 5.91 Å². The fraction of sp³-hybridized carbons (Fsp3) is 0.500. The minimum Gasteiger partial charge on any atom is -0.349 e. The lowest BCUT2D eigenvalue weighted by Gasteiger charge is -2.11. The summed E-state index contributed by atoms with van der Waals surface area (Å²) in [4.78, 5) is 24.0. The number of amides is 2. The van der Waals surface area contributed by atoms with Crippen molar-refractivity contribution in [1.82, 2.24) is 10.6 Å². The van der Waals surface area contributed by atoms with Gasteiger partial charge in [-0.3, -0.25) is 9.59 Å². The molecule has 0 bridgehead atoms. The molecule has 112 valence electrons. The third-order valence-electron chi connectivity index (χ3n) is 3.92. The Labute approximate surface area is 124 Å². The van der Waals surface area contributed by atoms with Crippen molar-refractivity contribution >= 4 is 17.5 Å². The Morgan fingerprint density at radius 1 is 1.24 bits per heavy atom. The van der Waals surface area contributed by atoms with Crippen LogP contribution in [0.25, 0.3) is 0 Å². The smallest absolute Gasteiger partial charge is 0.251 e. The second-order valence-electron chi connectivity index (χ2n) is 5.87. The third kappa shape index (κ3) is 4.04. The standard InChI is InChI=1S/C16H21N3O2/c20-15(10-13-5-2-8-17-13)18-14-4-1-3-11(9-14)16(21)19-12-6-7-12/h1,3-4,9,12-13,17H,2,5-8,10H2,(H,18,20)(H,19,21). The summed E-state index contributed by atoms with van der Waals surface area (Å²) < 4.78 is 0. The molecule has 1 atom stereocenters. The molecule has 1 unspecified atom stereocenters. The van der Waals surface area contributed by atoms with Gasteiger partial charge in [-0.25, -0.2) is 0 Å². The number of anilines is 1. The predicted octanol–water partition coefficient (Wildman–Crippen LogP) is 1.66. The molecule has 1 aromatic carbocycles. The maximum absolute atomic E-state index is 12.0. The normalized spacial score (nSPS) is 21.0. The Bertz CT molecular complexity index is 534. The predicted molar refractivity (Wildman–Crippen MR) is 81.2 cm³/mol. The Balaban J connectivity index is 1.56. The highest BCUT2D eigenvalue weighted by molar-refractivity contribution is 5.97. The van der Waals surface area contributed by atoms with Gasteiger partial charge in [-0.2, -0.15) is 0 Å². The van der Waals surface area contributed by atoms with Crippen LogP contribution in [0.15, 0.2) is 24.3 Å². The summed E-state index contributed by atoms with van der Waals surface area (Å²) in [5, 5.41) is 9.13. The quantitative estimate of drug-likeness (QED) is 0.771. The Morgan fingerprint density at radius 2 is 2.10 bits per heavy atom. The number of carbonyl (C=O) groups excluding carboxylic acids is 2. The lowest BCUT2D eigenvalue weighted by molar-refractivity contribution is -0.116. The number of nitrogens with one attached hydrogen (secondary N) is 3. The van der Waals surface area contributed by atoms with Gasteiger partial charge < -0.3 is 16.0 Å². The molecular weight excluding hydrogens is 266 g/mol. The summed E-state index contributed by atoms with van der Waals surface area (Å²) in [6.45, 7) is 0.995. The molecule has 3 rings (SSSR count). The summed E-state index contributed by atoms with van der Waals surface area (Å²) in [5.41, 5.74) is 1.28. The van der Waals surface area contributed by atoms with Gasteiger partial charge in [0.15, 0.2) is 0 Å². The van der Waals surface area contributed by atoms with Gasteiger partial charge in [-0.15, -0.1) is 0 Å². The minimum atomic E-state index is -0.0638. The van der Waals surface area contributed by atoms with Crippen LogP contribution in [-0.2, 0) is 4.79 Å². The van der Waals surface area contributed by atoms with Crippen molar-refractivity contribution in [2.24, 2.45) is 0 Å². The molecule has 1 saturated heterocycles. The van der Waals surface area contributed by atoms with E-state index in [9.17, 15) is 9.59 Å². The zero-order valence-corrected chi connectivity index (χ0v) is 12.0. The molecule has 1 aromatic rings. The van der Waals surface area contributed by atoms with E-state index in [4.69, 9.17) is 0 Å². The molecule has 1 saturated carbocycles. The third-order valence-corrected chi connectivity index (χ3v) is 3.92. The monoisotopic (exact) mass is 287 g/mol. The fourth-order valence-electron chi connectivity index (χ4n) is 2.60. The van der Waals surface area contributed by atoms with Gasteiger partial charge in [0, 0.05) is 29.8 Å². The van der Waals surface area contributed by atoms with E-state index in [1.54, 1.807) is 18.2 Å². The van der Waals surface area contributed by atoms with Crippen molar-refractivity contribution in [3.63, 3.8) is 0 Å². The summed E-state index contributed by atoms with van der Waals surface area (Å²) >= 11 is 0. The van der Waals surface area contributed by atoms with E-state index in [1.165, 1.54) is 0 Å². The zero-order valence-electron chi connectivity index (χ0n) is 12.0. The van der Waals surface area contributed by atoms with Crippen LogP contribution in [0.5, 0.6) is 0 Å². The van der Waals surface area contributed by atoms with Crippen LogP contribution in [0.4, 0.5) is 5.69 Å². The van der Waals surface area contributed by atoms with E-state index in [0.29, 0.717) is 23.7 Å². The molecule has 0 spiro atoms. The summed E-state index contributed by atoms with van der Waals surface area (Å²) in [7, 11) is 0. The summed E-state index contributed by atoms with van der Waals surface area (Å²) in [5.74, 6) is -0.0693. The van der Waals surface area contributed by atoms with Crippen LogP contribution in [0.3, 0.4) is 0 Å². The van der Waals surface area contributed by atoms with E-state index >= 15 is 0 Å². The lowest BCUT2D eigenvalue weighted by atomic mass is 10.1. The maximum Gasteiger partial charge on any atom is 0.251 e.